The summed E-state index contributed by atoms with van der Waals surface area (Å²) >= 11 is 3.52. The van der Waals surface area contributed by atoms with Gasteiger partial charge in [0.25, 0.3) is 0 Å². The van der Waals surface area contributed by atoms with E-state index in [2.05, 4.69) is 63.7 Å². The molecule has 0 spiro atoms. The largest absolute Gasteiger partial charge is 0.319 e. The summed E-state index contributed by atoms with van der Waals surface area (Å²) in [5.74, 6) is 0.530. The summed E-state index contributed by atoms with van der Waals surface area (Å²) in [7, 11) is 2.04. The van der Waals surface area contributed by atoms with Crippen molar-refractivity contribution in [3.8, 4) is 0 Å². The van der Waals surface area contributed by atoms with E-state index in [1.54, 1.807) is 11.1 Å². The van der Waals surface area contributed by atoms with Crippen molar-refractivity contribution >= 4 is 15.9 Å². The van der Waals surface area contributed by atoms with Crippen LogP contribution in [0.2, 0.25) is 0 Å². The normalized spacial score (nSPS) is 15.0. The van der Waals surface area contributed by atoms with Gasteiger partial charge < -0.3 is 5.32 Å². The molecule has 0 saturated heterocycles. The molecule has 1 atom stereocenters. The first kappa shape index (κ1) is 14.8. The fourth-order valence-electron chi connectivity index (χ4n) is 3.33. The van der Waals surface area contributed by atoms with Crippen molar-refractivity contribution in [1.82, 2.24) is 5.32 Å². The van der Waals surface area contributed by atoms with E-state index in [9.17, 15) is 0 Å². The minimum atomic E-state index is 0.530. The lowest BCUT2D eigenvalue weighted by Crippen LogP contribution is -2.19. The number of hydrogen-bond donors (Lipinski definition) is 1. The lowest BCUT2D eigenvalue weighted by molar-refractivity contribution is 0.625. The molecule has 0 saturated carbocycles. The lowest BCUT2D eigenvalue weighted by atomic mass is 9.91. The number of hydrogen-bond acceptors (Lipinski definition) is 1. The van der Waals surface area contributed by atoms with Crippen LogP contribution in [-0.2, 0) is 19.3 Å². The third kappa shape index (κ3) is 3.56. The fourth-order valence-corrected chi connectivity index (χ4v) is 3.59. The molecule has 0 aromatic heterocycles. The smallest absolute Gasteiger partial charge is 0.0175 e. The van der Waals surface area contributed by atoms with Gasteiger partial charge in [-0.25, -0.2) is 0 Å². The SMILES string of the molecule is CNCC(Cc1ccc2c(c1)CCC2)c1ccc(Br)cc1. The van der Waals surface area contributed by atoms with Crippen molar-refractivity contribution < 1.29 is 0 Å². The Morgan fingerprint density at radius 3 is 2.57 bits per heavy atom. The zero-order valence-corrected chi connectivity index (χ0v) is 14.1. The molecule has 3 rings (SSSR count). The molecule has 0 amide bonds. The zero-order chi connectivity index (χ0) is 14.7. The topological polar surface area (TPSA) is 12.0 Å². The molecule has 2 aromatic carbocycles. The summed E-state index contributed by atoms with van der Waals surface area (Å²) in [6.07, 6.45) is 4.96. The first-order valence-corrected chi connectivity index (χ1v) is 8.56. The molecule has 0 radical (unpaired) electrons. The predicted octanol–water partition coefficient (Wildman–Crippen LogP) is 4.48. The second-order valence-corrected chi connectivity index (χ2v) is 6.88. The van der Waals surface area contributed by atoms with E-state index in [0.717, 1.165) is 17.4 Å². The van der Waals surface area contributed by atoms with Gasteiger partial charge in [-0.3, -0.25) is 0 Å². The van der Waals surface area contributed by atoms with E-state index in [1.165, 1.54) is 30.4 Å². The summed E-state index contributed by atoms with van der Waals surface area (Å²) in [5, 5.41) is 3.34. The molecule has 1 unspecified atom stereocenters. The van der Waals surface area contributed by atoms with Gasteiger partial charge in [-0.05, 0) is 67.1 Å². The number of fused-ring (bicyclic) bond motifs is 1. The van der Waals surface area contributed by atoms with Gasteiger partial charge in [-0.2, -0.15) is 0 Å². The summed E-state index contributed by atoms with van der Waals surface area (Å²) in [4.78, 5) is 0. The van der Waals surface area contributed by atoms with E-state index < -0.39 is 0 Å². The number of rotatable bonds is 5. The highest BCUT2D eigenvalue weighted by Crippen LogP contribution is 2.27. The molecule has 1 nitrogen and oxygen atoms in total. The maximum Gasteiger partial charge on any atom is 0.0175 e. The van der Waals surface area contributed by atoms with Crippen LogP contribution in [-0.4, -0.2) is 13.6 Å². The molecule has 0 heterocycles. The number of halogens is 1. The Morgan fingerprint density at radius 1 is 1.05 bits per heavy atom. The Bertz CT molecular complexity index is 603. The molecule has 2 aromatic rings. The van der Waals surface area contributed by atoms with Gasteiger partial charge in [0.1, 0.15) is 0 Å². The van der Waals surface area contributed by atoms with E-state index in [0.29, 0.717) is 5.92 Å². The second-order valence-electron chi connectivity index (χ2n) is 5.97. The molecule has 2 heteroatoms. The summed E-state index contributed by atoms with van der Waals surface area (Å²) in [5.41, 5.74) is 6.02. The van der Waals surface area contributed by atoms with E-state index in [4.69, 9.17) is 0 Å². The third-order valence-corrected chi connectivity index (χ3v) is 4.97. The van der Waals surface area contributed by atoms with Crippen molar-refractivity contribution in [2.24, 2.45) is 0 Å². The molecular weight excluding hydrogens is 322 g/mol. The maximum absolute atomic E-state index is 3.52. The molecule has 0 fully saturated rings. The molecule has 110 valence electrons. The van der Waals surface area contributed by atoms with Crippen molar-refractivity contribution in [2.45, 2.75) is 31.6 Å². The van der Waals surface area contributed by atoms with Crippen LogP contribution in [0.25, 0.3) is 0 Å². The molecule has 1 aliphatic carbocycles. The standard InChI is InChI=1S/C19H22BrN/c1-21-13-18(16-7-9-19(20)10-8-16)12-14-5-6-15-3-2-4-17(15)11-14/h5-11,18,21H,2-4,12-13H2,1H3. The first-order chi connectivity index (χ1) is 10.3. The minimum absolute atomic E-state index is 0.530. The molecule has 0 aliphatic heterocycles. The maximum atomic E-state index is 3.52. The van der Waals surface area contributed by atoms with Crippen LogP contribution in [0.3, 0.4) is 0 Å². The van der Waals surface area contributed by atoms with Crippen LogP contribution >= 0.6 is 15.9 Å². The average Bonchev–Trinajstić information content (AvgIpc) is 2.95. The Hall–Kier alpha value is -1.12. The minimum Gasteiger partial charge on any atom is -0.319 e. The van der Waals surface area contributed by atoms with E-state index >= 15 is 0 Å². The van der Waals surface area contributed by atoms with Crippen LogP contribution in [0.1, 0.15) is 34.6 Å². The molecular formula is C19H22BrN. The van der Waals surface area contributed by atoms with Crippen molar-refractivity contribution in [3.63, 3.8) is 0 Å². The van der Waals surface area contributed by atoms with Crippen LogP contribution in [0, 0.1) is 0 Å². The van der Waals surface area contributed by atoms with Gasteiger partial charge in [0.2, 0.25) is 0 Å². The van der Waals surface area contributed by atoms with Gasteiger partial charge in [0, 0.05) is 16.9 Å². The highest BCUT2D eigenvalue weighted by molar-refractivity contribution is 9.10. The zero-order valence-electron chi connectivity index (χ0n) is 12.5. The van der Waals surface area contributed by atoms with Crippen molar-refractivity contribution in [3.05, 3.63) is 69.2 Å². The predicted molar refractivity (Wildman–Crippen MR) is 93.0 cm³/mol. The van der Waals surface area contributed by atoms with Gasteiger partial charge in [0.15, 0.2) is 0 Å². The molecule has 1 aliphatic rings. The number of nitrogens with one attached hydrogen (secondary N) is 1. The Labute approximate surface area is 135 Å². The van der Waals surface area contributed by atoms with E-state index in [1.807, 2.05) is 7.05 Å². The van der Waals surface area contributed by atoms with Gasteiger partial charge in [-0.15, -0.1) is 0 Å². The van der Waals surface area contributed by atoms with Gasteiger partial charge in [0.05, 0.1) is 0 Å². The third-order valence-electron chi connectivity index (χ3n) is 4.44. The Balaban J connectivity index is 1.80. The number of benzene rings is 2. The second kappa shape index (κ2) is 6.76. The Morgan fingerprint density at radius 2 is 1.81 bits per heavy atom. The fraction of sp³-hybridized carbons (Fsp3) is 0.368. The highest BCUT2D eigenvalue weighted by atomic mass is 79.9. The van der Waals surface area contributed by atoms with Gasteiger partial charge >= 0.3 is 0 Å². The van der Waals surface area contributed by atoms with Crippen LogP contribution in [0.5, 0.6) is 0 Å². The van der Waals surface area contributed by atoms with Crippen molar-refractivity contribution in [1.29, 1.82) is 0 Å². The molecule has 1 N–H and O–H groups in total. The van der Waals surface area contributed by atoms with Crippen LogP contribution in [0.15, 0.2) is 46.9 Å². The summed E-state index contributed by atoms with van der Waals surface area (Å²) in [6.45, 7) is 1.01. The number of likely N-dealkylation sites (N-methyl/N-ethyl adjacent to an activating group) is 1. The monoisotopic (exact) mass is 343 g/mol. The van der Waals surface area contributed by atoms with Crippen molar-refractivity contribution in [2.75, 3.05) is 13.6 Å². The summed E-state index contributed by atoms with van der Waals surface area (Å²) in [6, 6.07) is 15.9. The lowest BCUT2D eigenvalue weighted by Gasteiger charge is -2.18. The molecule has 21 heavy (non-hydrogen) atoms. The van der Waals surface area contributed by atoms with Gasteiger partial charge in [-0.1, -0.05) is 46.3 Å². The number of aryl methyl sites for hydroxylation is 2. The quantitative estimate of drug-likeness (QED) is 0.843. The average molecular weight is 344 g/mol. The first-order valence-electron chi connectivity index (χ1n) is 7.77. The van der Waals surface area contributed by atoms with Crippen LogP contribution < -0.4 is 5.32 Å². The van der Waals surface area contributed by atoms with E-state index in [-0.39, 0.29) is 0 Å². The van der Waals surface area contributed by atoms with Crippen LogP contribution in [0.4, 0.5) is 0 Å². The molecule has 0 bridgehead atoms. The summed E-state index contributed by atoms with van der Waals surface area (Å²) < 4.78 is 1.15. The Kier molecular flexibility index (Phi) is 4.77. The highest BCUT2D eigenvalue weighted by Gasteiger charge is 2.15.